The molecule has 0 unspecified atom stereocenters. The molecule has 4 rings (SSSR count). The molecule has 3 heterocycles. The van der Waals surface area contributed by atoms with Crippen molar-refractivity contribution in [2.75, 3.05) is 11.4 Å². The lowest BCUT2D eigenvalue weighted by Gasteiger charge is -2.26. The van der Waals surface area contributed by atoms with Crippen LogP contribution in [0.3, 0.4) is 0 Å². The lowest BCUT2D eigenvalue weighted by Crippen LogP contribution is -2.25. The minimum atomic E-state index is -1.21. The quantitative estimate of drug-likeness (QED) is 0.785. The summed E-state index contributed by atoms with van der Waals surface area (Å²) in [6.45, 7) is 0.601. The topological polar surface area (TPSA) is 83.6 Å². The number of nitrogens with zero attached hydrogens (tertiary/aromatic N) is 5. The Morgan fingerprint density at radius 2 is 2.12 bits per heavy atom. The van der Waals surface area contributed by atoms with Gasteiger partial charge >= 0.3 is 5.97 Å². The van der Waals surface area contributed by atoms with Crippen molar-refractivity contribution in [3.05, 3.63) is 53.6 Å². The molecule has 0 bridgehead atoms. The van der Waals surface area contributed by atoms with Crippen molar-refractivity contribution < 1.29 is 18.7 Å². The van der Waals surface area contributed by atoms with E-state index in [-0.39, 0.29) is 17.4 Å². The third-order valence-electron chi connectivity index (χ3n) is 4.33. The first kappa shape index (κ1) is 15.4. The fourth-order valence-corrected chi connectivity index (χ4v) is 3.22. The molecule has 1 atom stereocenters. The van der Waals surface area contributed by atoms with Crippen molar-refractivity contribution in [2.24, 2.45) is 0 Å². The number of rotatable bonds is 3. The second kappa shape index (κ2) is 5.76. The molecule has 7 nitrogen and oxygen atoms in total. The van der Waals surface area contributed by atoms with Gasteiger partial charge in [-0.15, -0.1) is 10.2 Å². The highest BCUT2D eigenvalue weighted by atomic mass is 19.1. The summed E-state index contributed by atoms with van der Waals surface area (Å²) in [6, 6.07) is 3.02. The molecule has 1 aliphatic heterocycles. The zero-order valence-corrected chi connectivity index (χ0v) is 12.9. The van der Waals surface area contributed by atoms with Gasteiger partial charge in [-0.1, -0.05) is 0 Å². The van der Waals surface area contributed by atoms with Gasteiger partial charge < -0.3 is 10.0 Å². The molecule has 1 N–H and O–H groups in total. The first-order valence-corrected chi connectivity index (χ1v) is 7.70. The van der Waals surface area contributed by atoms with Crippen LogP contribution in [-0.4, -0.2) is 37.2 Å². The normalized spacial score (nSPS) is 17.4. The minimum Gasteiger partial charge on any atom is -0.475 e. The Labute approximate surface area is 140 Å². The molecule has 1 aliphatic rings. The van der Waals surface area contributed by atoms with Gasteiger partial charge in [0.15, 0.2) is 5.65 Å². The average molecular weight is 345 g/mol. The first-order valence-electron chi connectivity index (χ1n) is 7.70. The second-order valence-corrected chi connectivity index (χ2v) is 5.82. The third-order valence-corrected chi connectivity index (χ3v) is 4.33. The largest absolute Gasteiger partial charge is 0.475 e. The van der Waals surface area contributed by atoms with Crippen molar-refractivity contribution in [1.29, 1.82) is 0 Å². The maximum Gasteiger partial charge on any atom is 0.374 e. The van der Waals surface area contributed by atoms with Gasteiger partial charge in [-0.05, 0) is 31.0 Å². The van der Waals surface area contributed by atoms with Gasteiger partial charge in [0.1, 0.15) is 17.5 Å². The van der Waals surface area contributed by atoms with Crippen molar-refractivity contribution >= 4 is 17.4 Å². The van der Waals surface area contributed by atoms with E-state index in [9.17, 15) is 18.7 Å². The number of carboxylic acids is 1. The van der Waals surface area contributed by atoms with Gasteiger partial charge in [-0.25, -0.2) is 18.6 Å². The van der Waals surface area contributed by atoms with Crippen LogP contribution in [0, 0.1) is 11.6 Å². The number of carboxylic acid groups (broad SMARTS) is 1. The zero-order valence-electron chi connectivity index (χ0n) is 12.9. The van der Waals surface area contributed by atoms with E-state index in [2.05, 4.69) is 15.2 Å². The average Bonchev–Trinajstić information content (AvgIpc) is 3.22. The molecule has 1 fully saturated rings. The maximum atomic E-state index is 14.2. The Morgan fingerprint density at radius 1 is 1.28 bits per heavy atom. The summed E-state index contributed by atoms with van der Waals surface area (Å²) in [5.74, 6) is -1.96. The number of halogens is 2. The molecule has 25 heavy (non-hydrogen) atoms. The van der Waals surface area contributed by atoms with Crippen molar-refractivity contribution in [3.8, 4) is 0 Å². The summed E-state index contributed by atoms with van der Waals surface area (Å²) in [5, 5.41) is 16.5. The molecule has 0 radical (unpaired) electrons. The van der Waals surface area contributed by atoms with E-state index in [1.807, 2.05) is 4.90 Å². The van der Waals surface area contributed by atoms with Crippen LogP contribution in [0.15, 0.2) is 30.6 Å². The summed E-state index contributed by atoms with van der Waals surface area (Å²) in [5.41, 5.74) is 0.565. The van der Waals surface area contributed by atoms with Crippen LogP contribution in [0.25, 0.3) is 5.65 Å². The molecule has 1 saturated heterocycles. The maximum absolute atomic E-state index is 14.2. The number of fused-ring (bicyclic) bond motifs is 1. The first-order chi connectivity index (χ1) is 12.0. The van der Waals surface area contributed by atoms with Crippen LogP contribution in [0.1, 0.15) is 35.1 Å². The van der Waals surface area contributed by atoms with Crippen molar-refractivity contribution in [2.45, 2.75) is 18.9 Å². The Kier molecular flexibility index (Phi) is 3.56. The molecular weight excluding hydrogens is 332 g/mol. The van der Waals surface area contributed by atoms with E-state index in [0.717, 1.165) is 18.6 Å². The molecule has 2 aromatic heterocycles. The molecule has 3 aromatic rings. The predicted molar refractivity (Wildman–Crippen MR) is 83.4 cm³/mol. The van der Waals surface area contributed by atoms with Crippen molar-refractivity contribution in [3.63, 3.8) is 0 Å². The number of aromatic carboxylic acids is 1. The van der Waals surface area contributed by atoms with E-state index in [1.54, 1.807) is 0 Å². The standard InChI is InChI=1S/C16H13F2N5O2/c17-9-3-4-11(18)10(6-9)12-2-1-5-22(12)14-8-23-13(7-19-14)20-21-15(23)16(24)25/h3-4,6-8,12H,1-2,5H2,(H,24,25)/t12-/m1/s1. The van der Waals surface area contributed by atoms with Crippen LogP contribution >= 0.6 is 0 Å². The van der Waals surface area contributed by atoms with Crippen LogP contribution in [0.4, 0.5) is 14.6 Å². The van der Waals surface area contributed by atoms with Gasteiger partial charge in [-0.2, -0.15) is 0 Å². The minimum absolute atomic E-state index is 0.230. The fourth-order valence-electron chi connectivity index (χ4n) is 3.22. The zero-order chi connectivity index (χ0) is 17.6. The number of carbonyl (C=O) groups is 1. The Morgan fingerprint density at radius 3 is 2.92 bits per heavy atom. The van der Waals surface area contributed by atoms with Gasteiger partial charge in [-0.3, -0.25) is 4.40 Å². The van der Waals surface area contributed by atoms with E-state index >= 15 is 0 Å². The highest BCUT2D eigenvalue weighted by Crippen LogP contribution is 2.36. The fraction of sp³-hybridized carbons (Fsp3) is 0.250. The summed E-state index contributed by atoms with van der Waals surface area (Å²) >= 11 is 0. The summed E-state index contributed by atoms with van der Waals surface area (Å²) in [6.07, 6.45) is 4.35. The van der Waals surface area contributed by atoms with E-state index in [1.165, 1.54) is 22.9 Å². The number of aromatic nitrogens is 4. The molecule has 0 amide bonds. The van der Waals surface area contributed by atoms with Gasteiger partial charge in [0.2, 0.25) is 5.82 Å². The third kappa shape index (κ3) is 2.57. The van der Waals surface area contributed by atoms with Crippen LogP contribution in [0.2, 0.25) is 0 Å². The highest BCUT2D eigenvalue weighted by Gasteiger charge is 2.30. The number of anilines is 1. The SMILES string of the molecule is O=C(O)c1nnc2cnc(N3CCC[C@@H]3c3cc(F)ccc3F)cn12. The number of hydrogen-bond donors (Lipinski definition) is 1. The van der Waals surface area contributed by atoms with Crippen LogP contribution in [0.5, 0.6) is 0 Å². The highest BCUT2D eigenvalue weighted by molar-refractivity contribution is 5.84. The van der Waals surface area contributed by atoms with Crippen LogP contribution in [-0.2, 0) is 0 Å². The lowest BCUT2D eigenvalue weighted by atomic mass is 10.0. The molecule has 0 saturated carbocycles. The lowest BCUT2D eigenvalue weighted by molar-refractivity contribution is 0.0682. The predicted octanol–water partition coefficient (Wildman–Crippen LogP) is 2.44. The number of hydrogen-bond acceptors (Lipinski definition) is 5. The molecular formula is C16H13F2N5O2. The summed E-state index contributed by atoms with van der Waals surface area (Å²) < 4.78 is 29.0. The van der Waals surface area contributed by atoms with Crippen molar-refractivity contribution in [1.82, 2.24) is 19.6 Å². The monoisotopic (exact) mass is 345 g/mol. The van der Waals surface area contributed by atoms with E-state index in [0.29, 0.717) is 24.4 Å². The van der Waals surface area contributed by atoms with Crippen LogP contribution < -0.4 is 4.90 Å². The molecule has 0 aliphatic carbocycles. The van der Waals surface area contributed by atoms with E-state index in [4.69, 9.17) is 0 Å². The Hall–Kier alpha value is -3.10. The molecule has 9 heteroatoms. The summed E-state index contributed by atoms with van der Waals surface area (Å²) in [7, 11) is 0. The Bertz CT molecular complexity index is 974. The van der Waals surface area contributed by atoms with E-state index < -0.39 is 17.6 Å². The summed E-state index contributed by atoms with van der Waals surface area (Å²) in [4.78, 5) is 17.3. The second-order valence-electron chi connectivity index (χ2n) is 5.82. The smallest absolute Gasteiger partial charge is 0.374 e. The molecule has 1 aromatic carbocycles. The van der Waals surface area contributed by atoms with Gasteiger partial charge in [0.25, 0.3) is 0 Å². The molecule has 128 valence electrons. The van der Waals surface area contributed by atoms with Gasteiger partial charge in [0, 0.05) is 12.1 Å². The number of benzene rings is 1. The Balaban J connectivity index is 1.77. The van der Waals surface area contributed by atoms with Gasteiger partial charge in [0.05, 0.1) is 18.4 Å². The molecule has 0 spiro atoms.